The highest BCUT2D eigenvalue weighted by atomic mass is 16.1. The van der Waals surface area contributed by atoms with Crippen LogP contribution in [0.4, 0.5) is 0 Å². The predicted molar refractivity (Wildman–Crippen MR) is 59.3 cm³/mol. The van der Waals surface area contributed by atoms with Crippen LogP contribution in [0.1, 0.15) is 12.6 Å². The lowest BCUT2D eigenvalue weighted by Crippen LogP contribution is -2.06. The highest BCUT2D eigenvalue weighted by Gasteiger charge is 1.97. The summed E-state index contributed by atoms with van der Waals surface area (Å²) >= 11 is 0. The van der Waals surface area contributed by atoms with Gasteiger partial charge in [0.2, 0.25) is 0 Å². The Bertz CT molecular complexity index is 537. The van der Waals surface area contributed by atoms with E-state index in [4.69, 9.17) is 0 Å². The van der Waals surface area contributed by atoms with Crippen molar-refractivity contribution in [3.05, 3.63) is 52.5 Å². The summed E-state index contributed by atoms with van der Waals surface area (Å²) in [6.07, 6.45) is 3.79. The molecule has 0 spiro atoms. The standard InChI is InChI=1S/C12H11NO/c1-2-5-10-8-9-6-3-4-7-11(9)12(14)13-10/h2-8H,1H3,(H,13,14). The van der Waals surface area contributed by atoms with Crippen LogP contribution >= 0.6 is 0 Å². The molecular weight excluding hydrogens is 174 g/mol. The number of hydrogen-bond donors (Lipinski definition) is 1. The largest absolute Gasteiger partial charge is 0.322 e. The second-order valence-corrected chi connectivity index (χ2v) is 3.14. The molecule has 0 radical (unpaired) electrons. The van der Waals surface area contributed by atoms with E-state index >= 15 is 0 Å². The first-order chi connectivity index (χ1) is 6.81. The molecule has 0 fully saturated rings. The zero-order valence-corrected chi connectivity index (χ0v) is 7.95. The van der Waals surface area contributed by atoms with Crippen molar-refractivity contribution in [2.24, 2.45) is 0 Å². The van der Waals surface area contributed by atoms with E-state index in [9.17, 15) is 4.79 Å². The monoisotopic (exact) mass is 185 g/mol. The Balaban J connectivity index is 2.79. The number of pyridine rings is 1. The molecular formula is C12H11NO. The number of allylic oxidation sites excluding steroid dienone is 1. The summed E-state index contributed by atoms with van der Waals surface area (Å²) in [7, 11) is 0. The molecule has 0 aliphatic heterocycles. The van der Waals surface area contributed by atoms with Gasteiger partial charge in [-0.05, 0) is 30.5 Å². The fourth-order valence-electron chi connectivity index (χ4n) is 1.50. The van der Waals surface area contributed by atoms with Crippen LogP contribution in [-0.2, 0) is 0 Å². The Morgan fingerprint density at radius 3 is 2.86 bits per heavy atom. The lowest BCUT2D eigenvalue weighted by Gasteiger charge is -1.98. The summed E-state index contributed by atoms with van der Waals surface area (Å²) in [4.78, 5) is 14.4. The molecule has 1 N–H and O–H groups in total. The topological polar surface area (TPSA) is 32.9 Å². The third-order valence-electron chi connectivity index (χ3n) is 2.12. The van der Waals surface area contributed by atoms with Gasteiger partial charge >= 0.3 is 0 Å². The zero-order valence-electron chi connectivity index (χ0n) is 7.95. The molecule has 1 aromatic carbocycles. The minimum Gasteiger partial charge on any atom is -0.322 e. The summed E-state index contributed by atoms with van der Waals surface area (Å²) in [6.45, 7) is 1.92. The molecule has 2 heteroatoms. The molecule has 1 heterocycles. The molecule has 1 aromatic heterocycles. The SMILES string of the molecule is CC=Cc1cc2ccccc2c(=O)[nH]1. The summed E-state index contributed by atoms with van der Waals surface area (Å²) in [5.74, 6) is 0. The van der Waals surface area contributed by atoms with E-state index in [1.54, 1.807) is 0 Å². The van der Waals surface area contributed by atoms with Crippen LogP contribution < -0.4 is 5.56 Å². The molecule has 0 aliphatic carbocycles. The predicted octanol–water partition coefficient (Wildman–Crippen LogP) is 2.56. The van der Waals surface area contributed by atoms with Crippen molar-refractivity contribution < 1.29 is 0 Å². The zero-order chi connectivity index (χ0) is 9.97. The van der Waals surface area contributed by atoms with Gasteiger partial charge in [-0.3, -0.25) is 4.79 Å². The lowest BCUT2D eigenvalue weighted by molar-refractivity contribution is 1.25. The van der Waals surface area contributed by atoms with Crippen molar-refractivity contribution in [1.29, 1.82) is 0 Å². The molecule has 0 unspecified atom stereocenters. The third kappa shape index (κ3) is 1.46. The number of rotatable bonds is 1. The Morgan fingerprint density at radius 1 is 1.29 bits per heavy atom. The van der Waals surface area contributed by atoms with Crippen LogP contribution in [0.2, 0.25) is 0 Å². The summed E-state index contributed by atoms with van der Waals surface area (Å²) < 4.78 is 0. The van der Waals surface area contributed by atoms with Gasteiger partial charge in [0.15, 0.2) is 0 Å². The van der Waals surface area contributed by atoms with Gasteiger partial charge in [0, 0.05) is 11.1 Å². The first kappa shape index (κ1) is 8.75. The Hall–Kier alpha value is -1.83. The van der Waals surface area contributed by atoms with Crippen molar-refractivity contribution in [3.8, 4) is 0 Å². The van der Waals surface area contributed by atoms with Gasteiger partial charge < -0.3 is 4.98 Å². The van der Waals surface area contributed by atoms with E-state index < -0.39 is 0 Å². The quantitative estimate of drug-likeness (QED) is 0.727. The maximum Gasteiger partial charge on any atom is 0.256 e. The van der Waals surface area contributed by atoms with E-state index in [-0.39, 0.29) is 5.56 Å². The Labute approximate surface area is 81.9 Å². The third-order valence-corrected chi connectivity index (χ3v) is 2.12. The number of aromatic nitrogens is 1. The summed E-state index contributed by atoms with van der Waals surface area (Å²) in [6, 6.07) is 9.54. The van der Waals surface area contributed by atoms with Crippen molar-refractivity contribution in [2.75, 3.05) is 0 Å². The van der Waals surface area contributed by atoms with Crippen LogP contribution in [0.5, 0.6) is 0 Å². The van der Waals surface area contributed by atoms with E-state index in [1.807, 2.05) is 49.4 Å². The molecule has 0 bridgehead atoms. The molecule has 2 nitrogen and oxygen atoms in total. The van der Waals surface area contributed by atoms with Gasteiger partial charge in [0.25, 0.3) is 5.56 Å². The van der Waals surface area contributed by atoms with E-state index in [2.05, 4.69) is 4.98 Å². The molecule has 0 aliphatic rings. The maximum absolute atomic E-state index is 11.6. The molecule has 0 saturated heterocycles. The van der Waals surface area contributed by atoms with Crippen molar-refractivity contribution >= 4 is 16.8 Å². The van der Waals surface area contributed by atoms with Gasteiger partial charge in [-0.1, -0.05) is 24.3 Å². The smallest absolute Gasteiger partial charge is 0.256 e. The Kier molecular flexibility index (Phi) is 2.19. The van der Waals surface area contributed by atoms with Crippen LogP contribution in [0.3, 0.4) is 0 Å². The number of nitrogens with one attached hydrogen (secondary N) is 1. The van der Waals surface area contributed by atoms with Crippen molar-refractivity contribution in [1.82, 2.24) is 4.98 Å². The number of H-pyrrole nitrogens is 1. The first-order valence-corrected chi connectivity index (χ1v) is 4.56. The normalized spacial score (nSPS) is 11.2. The molecule has 2 aromatic rings. The fourth-order valence-corrected chi connectivity index (χ4v) is 1.50. The maximum atomic E-state index is 11.6. The van der Waals surface area contributed by atoms with Crippen LogP contribution in [0.25, 0.3) is 16.8 Å². The minimum atomic E-state index is -0.0313. The van der Waals surface area contributed by atoms with Gasteiger partial charge in [-0.15, -0.1) is 0 Å². The number of hydrogen-bond acceptors (Lipinski definition) is 1. The second kappa shape index (κ2) is 3.50. The fraction of sp³-hybridized carbons (Fsp3) is 0.0833. The summed E-state index contributed by atoms with van der Waals surface area (Å²) in [5.41, 5.74) is 0.812. The lowest BCUT2D eigenvalue weighted by atomic mass is 10.1. The van der Waals surface area contributed by atoms with E-state index in [0.29, 0.717) is 0 Å². The average molecular weight is 185 g/mol. The number of fused-ring (bicyclic) bond motifs is 1. The van der Waals surface area contributed by atoms with Crippen LogP contribution in [0, 0.1) is 0 Å². The highest BCUT2D eigenvalue weighted by molar-refractivity contribution is 5.82. The average Bonchev–Trinajstić information content (AvgIpc) is 2.18. The van der Waals surface area contributed by atoms with E-state index in [1.165, 1.54) is 0 Å². The first-order valence-electron chi connectivity index (χ1n) is 4.56. The van der Waals surface area contributed by atoms with Gasteiger partial charge in [-0.2, -0.15) is 0 Å². The van der Waals surface area contributed by atoms with Crippen LogP contribution in [-0.4, -0.2) is 4.98 Å². The number of benzene rings is 1. The van der Waals surface area contributed by atoms with Crippen molar-refractivity contribution in [3.63, 3.8) is 0 Å². The molecule has 70 valence electrons. The van der Waals surface area contributed by atoms with Crippen LogP contribution in [0.15, 0.2) is 41.2 Å². The molecule has 0 saturated carbocycles. The van der Waals surface area contributed by atoms with Gasteiger partial charge in [-0.25, -0.2) is 0 Å². The van der Waals surface area contributed by atoms with E-state index in [0.717, 1.165) is 16.5 Å². The van der Waals surface area contributed by atoms with Gasteiger partial charge in [0.1, 0.15) is 0 Å². The number of aromatic amines is 1. The summed E-state index contributed by atoms with van der Waals surface area (Å²) in [5, 5.41) is 1.71. The van der Waals surface area contributed by atoms with Gasteiger partial charge in [0.05, 0.1) is 0 Å². The minimum absolute atomic E-state index is 0.0313. The molecule has 0 atom stereocenters. The van der Waals surface area contributed by atoms with Crippen molar-refractivity contribution in [2.45, 2.75) is 6.92 Å². The Morgan fingerprint density at radius 2 is 2.07 bits per heavy atom. The molecule has 2 rings (SSSR count). The second-order valence-electron chi connectivity index (χ2n) is 3.14. The molecule has 14 heavy (non-hydrogen) atoms. The highest BCUT2D eigenvalue weighted by Crippen LogP contribution is 2.10. The molecule has 0 amide bonds.